The van der Waals surface area contributed by atoms with Gasteiger partial charge in [-0.2, -0.15) is 0 Å². The fraction of sp³-hybridized carbons (Fsp3) is 0.600. The molecule has 1 atom stereocenters. The molecule has 0 N–H and O–H groups in total. The average molecular weight is 289 g/mol. The SMILES string of the molecule is COCCN1CC[C@H](Cn2ccnc2-c2nccn2C)C1. The van der Waals surface area contributed by atoms with Gasteiger partial charge in [-0.3, -0.25) is 0 Å². The third-order valence-electron chi connectivity index (χ3n) is 4.17. The second-order valence-electron chi connectivity index (χ2n) is 5.71. The minimum absolute atomic E-state index is 0.676. The quantitative estimate of drug-likeness (QED) is 0.803. The third-order valence-corrected chi connectivity index (χ3v) is 4.17. The van der Waals surface area contributed by atoms with E-state index < -0.39 is 0 Å². The molecule has 21 heavy (non-hydrogen) atoms. The van der Waals surface area contributed by atoms with E-state index in [0.717, 1.165) is 37.9 Å². The van der Waals surface area contributed by atoms with Crippen molar-refractivity contribution in [3.8, 4) is 11.6 Å². The summed E-state index contributed by atoms with van der Waals surface area (Å²) in [5, 5.41) is 0. The Balaban J connectivity index is 1.65. The molecule has 0 aliphatic carbocycles. The summed E-state index contributed by atoms with van der Waals surface area (Å²) in [4.78, 5) is 11.4. The number of rotatable bonds is 6. The number of nitrogens with zero attached hydrogens (tertiary/aromatic N) is 5. The van der Waals surface area contributed by atoms with Gasteiger partial charge in [0.2, 0.25) is 0 Å². The zero-order valence-electron chi connectivity index (χ0n) is 12.8. The Morgan fingerprint density at radius 2 is 2.05 bits per heavy atom. The fourth-order valence-electron chi connectivity index (χ4n) is 3.01. The molecule has 0 bridgehead atoms. The average Bonchev–Trinajstić information content (AvgIpc) is 3.18. The summed E-state index contributed by atoms with van der Waals surface area (Å²) in [5.41, 5.74) is 0. The molecule has 0 spiro atoms. The predicted molar refractivity (Wildman–Crippen MR) is 80.9 cm³/mol. The number of aromatic nitrogens is 4. The molecular weight excluding hydrogens is 266 g/mol. The van der Waals surface area contributed by atoms with Gasteiger partial charge in [-0.05, 0) is 18.9 Å². The highest BCUT2D eigenvalue weighted by Gasteiger charge is 2.23. The van der Waals surface area contributed by atoms with Crippen LogP contribution in [0.3, 0.4) is 0 Å². The highest BCUT2D eigenvalue weighted by Crippen LogP contribution is 2.21. The topological polar surface area (TPSA) is 48.1 Å². The predicted octanol–water partition coefficient (Wildman–Crippen LogP) is 1.25. The monoisotopic (exact) mass is 289 g/mol. The molecule has 6 nitrogen and oxygen atoms in total. The molecule has 1 aliphatic heterocycles. The minimum Gasteiger partial charge on any atom is -0.383 e. The van der Waals surface area contributed by atoms with Gasteiger partial charge in [0.25, 0.3) is 0 Å². The van der Waals surface area contributed by atoms with Crippen LogP contribution in [0.1, 0.15) is 6.42 Å². The molecule has 0 amide bonds. The lowest BCUT2D eigenvalue weighted by Crippen LogP contribution is -2.25. The summed E-state index contributed by atoms with van der Waals surface area (Å²) in [6.45, 7) is 5.16. The molecule has 0 unspecified atom stereocenters. The maximum absolute atomic E-state index is 5.16. The van der Waals surface area contributed by atoms with Crippen LogP contribution in [0, 0.1) is 5.92 Å². The number of aryl methyl sites for hydroxylation is 1. The van der Waals surface area contributed by atoms with Gasteiger partial charge in [0.15, 0.2) is 11.6 Å². The van der Waals surface area contributed by atoms with E-state index in [1.54, 1.807) is 7.11 Å². The van der Waals surface area contributed by atoms with Gasteiger partial charge in [0.1, 0.15) is 0 Å². The lowest BCUT2D eigenvalue weighted by molar-refractivity contribution is 0.158. The molecule has 6 heteroatoms. The van der Waals surface area contributed by atoms with E-state index in [4.69, 9.17) is 4.74 Å². The van der Waals surface area contributed by atoms with Gasteiger partial charge < -0.3 is 18.8 Å². The molecule has 1 fully saturated rings. The number of hydrogen-bond donors (Lipinski definition) is 0. The Bertz CT molecular complexity index is 576. The van der Waals surface area contributed by atoms with Crippen LogP contribution in [0.5, 0.6) is 0 Å². The fourth-order valence-corrected chi connectivity index (χ4v) is 3.01. The number of ether oxygens (including phenoxy) is 1. The first-order valence-corrected chi connectivity index (χ1v) is 7.48. The summed E-state index contributed by atoms with van der Waals surface area (Å²) in [6, 6.07) is 0. The molecule has 3 rings (SSSR count). The Hall–Kier alpha value is -1.66. The largest absolute Gasteiger partial charge is 0.383 e. The highest BCUT2D eigenvalue weighted by atomic mass is 16.5. The molecule has 0 radical (unpaired) electrons. The zero-order chi connectivity index (χ0) is 14.7. The first-order valence-electron chi connectivity index (χ1n) is 7.48. The van der Waals surface area contributed by atoms with E-state index in [2.05, 4.69) is 25.6 Å². The summed E-state index contributed by atoms with van der Waals surface area (Å²) in [7, 11) is 3.77. The minimum atomic E-state index is 0.676. The van der Waals surface area contributed by atoms with Crippen LogP contribution in [0.4, 0.5) is 0 Å². The van der Waals surface area contributed by atoms with Gasteiger partial charge in [-0.25, -0.2) is 9.97 Å². The normalized spacial score (nSPS) is 19.4. The Morgan fingerprint density at radius 3 is 2.81 bits per heavy atom. The number of hydrogen-bond acceptors (Lipinski definition) is 4. The van der Waals surface area contributed by atoms with Gasteiger partial charge in [-0.1, -0.05) is 0 Å². The Labute approximate surface area is 125 Å². The van der Waals surface area contributed by atoms with E-state index in [9.17, 15) is 0 Å². The molecule has 3 heterocycles. The lowest BCUT2D eigenvalue weighted by Gasteiger charge is -2.16. The smallest absolute Gasteiger partial charge is 0.176 e. The van der Waals surface area contributed by atoms with E-state index in [-0.39, 0.29) is 0 Å². The maximum atomic E-state index is 5.16. The van der Waals surface area contributed by atoms with Crippen LogP contribution >= 0.6 is 0 Å². The van der Waals surface area contributed by atoms with Crippen molar-refractivity contribution in [3.63, 3.8) is 0 Å². The molecule has 0 saturated carbocycles. The van der Waals surface area contributed by atoms with Gasteiger partial charge >= 0.3 is 0 Å². The summed E-state index contributed by atoms with van der Waals surface area (Å²) >= 11 is 0. The Morgan fingerprint density at radius 1 is 1.24 bits per heavy atom. The molecule has 2 aromatic rings. The van der Waals surface area contributed by atoms with Crippen molar-refractivity contribution in [1.82, 2.24) is 24.0 Å². The zero-order valence-corrected chi connectivity index (χ0v) is 12.8. The van der Waals surface area contributed by atoms with E-state index in [1.165, 1.54) is 13.0 Å². The lowest BCUT2D eigenvalue weighted by atomic mass is 10.1. The summed E-state index contributed by atoms with van der Waals surface area (Å²) in [5.74, 6) is 2.56. The van der Waals surface area contributed by atoms with Crippen molar-refractivity contribution < 1.29 is 4.74 Å². The van der Waals surface area contributed by atoms with Crippen LogP contribution in [0.25, 0.3) is 11.6 Å². The van der Waals surface area contributed by atoms with E-state index in [0.29, 0.717) is 5.92 Å². The van der Waals surface area contributed by atoms with Crippen LogP contribution < -0.4 is 0 Å². The van der Waals surface area contributed by atoms with Crippen molar-refractivity contribution in [2.75, 3.05) is 33.4 Å². The first-order chi connectivity index (χ1) is 10.3. The van der Waals surface area contributed by atoms with Crippen molar-refractivity contribution in [2.24, 2.45) is 13.0 Å². The van der Waals surface area contributed by atoms with Crippen LogP contribution in [0.2, 0.25) is 0 Å². The van der Waals surface area contributed by atoms with Crippen molar-refractivity contribution in [2.45, 2.75) is 13.0 Å². The Kier molecular flexibility index (Phi) is 4.36. The summed E-state index contributed by atoms with van der Waals surface area (Å²) in [6.07, 6.45) is 8.93. The van der Waals surface area contributed by atoms with Crippen LogP contribution in [-0.2, 0) is 18.3 Å². The van der Waals surface area contributed by atoms with Gasteiger partial charge in [0, 0.05) is 58.6 Å². The molecule has 0 aromatic carbocycles. The van der Waals surface area contributed by atoms with Crippen LogP contribution in [0.15, 0.2) is 24.8 Å². The van der Waals surface area contributed by atoms with E-state index in [1.807, 2.05) is 30.2 Å². The molecule has 114 valence electrons. The first kappa shape index (κ1) is 14.3. The number of likely N-dealkylation sites (tertiary alicyclic amines) is 1. The number of methoxy groups -OCH3 is 1. The molecule has 1 aliphatic rings. The van der Waals surface area contributed by atoms with Crippen molar-refractivity contribution in [3.05, 3.63) is 24.8 Å². The van der Waals surface area contributed by atoms with E-state index >= 15 is 0 Å². The summed E-state index contributed by atoms with van der Waals surface area (Å²) < 4.78 is 9.40. The second-order valence-corrected chi connectivity index (χ2v) is 5.71. The van der Waals surface area contributed by atoms with Crippen molar-refractivity contribution in [1.29, 1.82) is 0 Å². The van der Waals surface area contributed by atoms with Gasteiger partial charge in [-0.15, -0.1) is 0 Å². The second kappa shape index (κ2) is 6.41. The number of imidazole rings is 2. The molecular formula is C15H23N5O. The van der Waals surface area contributed by atoms with Crippen molar-refractivity contribution >= 4 is 0 Å². The third kappa shape index (κ3) is 3.16. The van der Waals surface area contributed by atoms with Crippen LogP contribution in [-0.4, -0.2) is 57.4 Å². The molecule has 2 aromatic heterocycles. The highest BCUT2D eigenvalue weighted by molar-refractivity contribution is 5.44. The molecule has 1 saturated heterocycles. The maximum Gasteiger partial charge on any atom is 0.176 e. The van der Waals surface area contributed by atoms with Gasteiger partial charge in [0.05, 0.1) is 6.61 Å². The standard InChI is InChI=1S/C15H23N5O/c1-18-7-4-16-14(18)15-17-5-8-20(15)12-13-3-6-19(11-13)9-10-21-2/h4-5,7-8,13H,3,6,9-12H2,1-2H3/t13-/m0/s1.